The van der Waals surface area contributed by atoms with Crippen molar-refractivity contribution in [2.45, 2.75) is 20.3 Å². The van der Waals surface area contributed by atoms with Gasteiger partial charge in [-0.25, -0.2) is 4.98 Å². The van der Waals surface area contributed by atoms with Gasteiger partial charge in [0.05, 0.1) is 23.7 Å². The highest BCUT2D eigenvalue weighted by atomic mass is 16.4. The normalized spacial score (nSPS) is 9.95. The van der Waals surface area contributed by atoms with Crippen molar-refractivity contribution in [3.63, 3.8) is 0 Å². The lowest BCUT2D eigenvalue weighted by Gasteiger charge is -2.04. The van der Waals surface area contributed by atoms with Crippen LogP contribution in [-0.2, 0) is 11.2 Å². The Hall–Kier alpha value is -2.61. The van der Waals surface area contributed by atoms with Crippen LogP contribution in [0.5, 0.6) is 0 Å². The van der Waals surface area contributed by atoms with Gasteiger partial charge in [-0.3, -0.25) is 4.79 Å². The molecule has 1 aromatic heterocycles. The lowest BCUT2D eigenvalue weighted by Crippen LogP contribution is -2.14. The van der Waals surface area contributed by atoms with E-state index in [0.717, 1.165) is 5.69 Å². The molecule has 0 radical (unpaired) electrons. The number of oxazole rings is 1. The van der Waals surface area contributed by atoms with Crippen molar-refractivity contribution in [3.8, 4) is 6.07 Å². The highest BCUT2D eigenvalue weighted by Gasteiger charge is 2.12. The Bertz CT molecular complexity index is 653. The van der Waals surface area contributed by atoms with E-state index in [1.807, 2.05) is 6.07 Å². The fourth-order valence-electron chi connectivity index (χ4n) is 1.75. The molecule has 5 nitrogen and oxygen atoms in total. The van der Waals surface area contributed by atoms with Crippen LogP contribution < -0.4 is 5.32 Å². The van der Waals surface area contributed by atoms with Crippen LogP contribution >= 0.6 is 0 Å². The van der Waals surface area contributed by atoms with Crippen LogP contribution in [0.15, 0.2) is 28.7 Å². The van der Waals surface area contributed by atoms with Gasteiger partial charge >= 0.3 is 0 Å². The van der Waals surface area contributed by atoms with Crippen LogP contribution in [0.25, 0.3) is 0 Å². The zero-order chi connectivity index (χ0) is 13.8. The van der Waals surface area contributed by atoms with Crippen molar-refractivity contribution in [1.29, 1.82) is 5.26 Å². The molecule has 0 bridgehead atoms. The van der Waals surface area contributed by atoms with Crippen LogP contribution in [-0.4, -0.2) is 10.9 Å². The predicted octanol–water partition coefficient (Wildman–Crippen LogP) is 2.34. The summed E-state index contributed by atoms with van der Waals surface area (Å²) in [6.07, 6.45) is 0.128. The van der Waals surface area contributed by atoms with Crippen LogP contribution in [0.1, 0.15) is 22.9 Å². The minimum Gasteiger partial charge on any atom is -0.445 e. The van der Waals surface area contributed by atoms with E-state index < -0.39 is 0 Å². The zero-order valence-electron chi connectivity index (χ0n) is 10.7. The number of carbonyl (C=O) groups is 1. The maximum atomic E-state index is 11.9. The van der Waals surface area contributed by atoms with Crippen LogP contribution in [0.2, 0.25) is 0 Å². The van der Waals surface area contributed by atoms with Gasteiger partial charge in [-0.15, -0.1) is 0 Å². The summed E-state index contributed by atoms with van der Waals surface area (Å²) in [5, 5.41) is 11.5. The molecule has 2 aromatic rings. The number of hydrogen-bond donors (Lipinski definition) is 1. The minimum absolute atomic E-state index is 0.128. The number of anilines is 1. The maximum absolute atomic E-state index is 11.9. The summed E-state index contributed by atoms with van der Waals surface area (Å²) in [5.41, 5.74) is 1.82. The highest BCUT2D eigenvalue weighted by Crippen LogP contribution is 2.13. The van der Waals surface area contributed by atoms with Gasteiger partial charge in [0.15, 0.2) is 5.89 Å². The predicted molar refractivity (Wildman–Crippen MR) is 69.5 cm³/mol. The largest absolute Gasteiger partial charge is 0.445 e. The van der Waals surface area contributed by atoms with Crippen molar-refractivity contribution in [2.24, 2.45) is 0 Å². The molecule has 0 aliphatic rings. The smallest absolute Gasteiger partial charge is 0.232 e. The number of benzene rings is 1. The van der Waals surface area contributed by atoms with E-state index in [4.69, 9.17) is 9.68 Å². The fourth-order valence-corrected chi connectivity index (χ4v) is 1.75. The van der Waals surface area contributed by atoms with Crippen LogP contribution in [0.4, 0.5) is 5.69 Å². The third kappa shape index (κ3) is 3.19. The number of nitrogens with one attached hydrogen (secondary N) is 1. The topological polar surface area (TPSA) is 78.9 Å². The van der Waals surface area contributed by atoms with Crippen molar-refractivity contribution in [1.82, 2.24) is 4.98 Å². The molecule has 2 rings (SSSR count). The number of rotatable bonds is 3. The van der Waals surface area contributed by atoms with Gasteiger partial charge in [0, 0.05) is 12.6 Å². The van der Waals surface area contributed by atoms with Crippen molar-refractivity contribution in [3.05, 3.63) is 47.2 Å². The molecule has 1 aromatic carbocycles. The lowest BCUT2D eigenvalue weighted by molar-refractivity contribution is -0.115. The SMILES string of the molecule is Cc1nc(C)c(CC(=O)Nc2cccc(C#N)c2)o1. The zero-order valence-corrected chi connectivity index (χ0v) is 10.7. The Morgan fingerprint density at radius 1 is 1.47 bits per heavy atom. The van der Waals surface area contributed by atoms with Gasteiger partial charge in [0.2, 0.25) is 5.91 Å². The van der Waals surface area contributed by atoms with Gasteiger partial charge < -0.3 is 9.73 Å². The first kappa shape index (κ1) is 12.8. The summed E-state index contributed by atoms with van der Waals surface area (Å²) in [6.45, 7) is 3.54. The summed E-state index contributed by atoms with van der Waals surface area (Å²) in [5.74, 6) is 0.910. The highest BCUT2D eigenvalue weighted by molar-refractivity contribution is 5.92. The molecule has 96 valence electrons. The fraction of sp³-hybridized carbons (Fsp3) is 0.214. The lowest BCUT2D eigenvalue weighted by atomic mass is 10.2. The molecule has 0 unspecified atom stereocenters. The van der Waals surface area contributed by atoms with E-state index in [-0.39, 0.29) is 12.3 Å². The molecule has 0 atom stereocenters. The number of hydrogen-bond acceptors (Lipinski definition) is 4. The molecule has 0 spiro atoms. The van der Waals surface area contributed by atoms with E-state index in [9.17, 15) is 4.79 Å². The summed E-state index contributed by atoms with van der Waals surface area (Å²) in [6, 6.07) is 8.78. The van der Waals surface area contributed by atoms with E-state index >= 15 is 0 Å². The molecule has 0 aliphatic heterocycles. The number of nitrogens with zero attached hydrogens (tertiary/aromatic N) is 2. The van der Waals surface area contributed by atoms with Crippen LogP contribution in [0, 0.1) is 25.2 Å². The molecule has 0 aliphatic carbocycles. The average molecular weight is 255 g/mol. The number of aryl methyl sites for hydroxylation is 2. The van der Waals surface area contributed by atoms with Gasteiger partial charge in [-0.1, -0.05) is 6.07 Å². The van der Waals surface area contributed by atoms with E-state index in [0.29, 0.717) is 22.9 Å². The molecule has 1 amide bonds. The van der Waals surface area contributed by atoms with Crippen LogP contribution in [0.3, 0.4) is 0 Å². The van der Waals surface area contributed by atoms with Gasteiger partial charge in [-0.2, -0.15) is 5.26 Å². The number of nitriles is 1. The molecule has 0 saturated heterocycles. The van der Waals surface area contributed by atoms with Crippen molar-refractivity contribution >= 4 is 11.6 Å². The number of amides is 1. The summed E-state index contributed by atoms with van der Waals surface area (Å²) >= 11 is 0. The van der Waals surface area contributed by atoms with E-state index in [1.54, 1.807) is 38.1 Å². The second kappa shape index (κ2) is 5.36. The Morgan fingerprint density at radius 2 is 2.26 bits per heavy atom. The Morgan fingerprint density at radius 3 is 2.89 bits per heavy atom. The van der Waals surface area contributed by atoms with Gasteiger partial charge in [-0.05, 0) is 25.1 Å². The summed E-state index contributed by atoms with van der Waals surface area (Å²) in [4.78, 5) is 16.0. The number of aromatic nitrogens is 1. The molecule has 1 heterocycles. The third-order valence-corrected chi connectivity index (χ3v) is 2.60. The Kier molecular flexibility index (Phi) is 3.62. The average Bonchev–Trinajstić information content (AvgIpc) is 2.68. The Labute approximate surface area is 110 Å². The second-order valence-electron chi connectivity index (χ2n) is 4.16. The first-order valence-corrected chi connectivity index (χ1v) is 5.81. The Balaban J connectivity index is 2.05. The van der Waals surface area contributed by atoms with Gasteiger partial charge in [0.1, 0.15) is 5.76 Å². The molecular formula is C14H13N3O2. The van der Waals surface area contributed by atoms with Crippen molar-refractivity contribution in [2.75, 3.05) is 5.32 Å². The van der Waals surface area contributed by atoms with Crippen molar-refractivity contribution < 1.29 is 9.21 Å². The van der Waals surface area contributed by atoms with E-state index in [2.05, 4.69) is 10.3 Å². The quantitative estimate of drug-likeness (QED) is 0.913. The molecule has 0 saturated carbocycles. The molecule has 0 fully saturated rings. The third-order valence-electron chi connectivity index (χ3n) is 2.60. The standard InChI is InChI=1S/C14H13N3O2/c1-9-13(19-10(2)16-9)7-14(18)17-12-5-3-4-11(6-12)8-15/h3-6H,7H2,1-2H3,(H,17,18). The molecule has 1 N–H and O–H groups in total. The summed E-state index contributed by atoms with van der Waals surface area (Å²) < 4.78 is 5.34. The maximum Gasteiger partial charge on any atom is 0.232 e. The summed E-state index contributed by atoms with van der Waals surface area (Å²) in [7, 11) is 0. The monoisotopic (exact) mass is 255 g/mol. The second-order valence-corrected chi connectivity index (χ2v) is 4.16. The van der Waals surface area contributed by atoms with Gasteiger partial charge in [0.25, 0.3) is 0 Å². The molecule has 5 heteroatoms. The first-order valence-electron chi connectivity index (χ1n) is 5.81. The number of carbonyl (C=O) groups excluding carboxylic acids is 1. The molecular weight excluding hydrogens is 242 g/mol. The molecule has 19 heavy (non-hydrogen) atoms. The van der Waals surface area contributed by atoms with E-state index in [1.165, 1.54) is 0 Å². The first-order chi connectivity index (χ1) is 9.08. The minimum atomic E-state index is -0.200.